The molecule has 0 radical (unpaired) electrons. The lowest BCUT2D eigenvalue weighted by atomic mass is 9.51. The fourth-order valence-corrected chi connectivity index (χ4v) is 11.5. The van der Waals surface area contributed by atoms with Crippen LogP contribution in [0, 0.1) is 41.9 Å². The van der Waals surface area contributed by atoms with Crippen molar-refractivity contribution in [1.29, 1.82) is 5.26 Å². The Labute approximate surface area is 414 Å². The minimum absolute atomic E-state index is 0.00569. The Morgan fingerprint density at radius 2 is 1.48 bits per heavy atom. The molecular weight excluding hydrogens is 903 g/mol. The Bertz CT molecular complexity index is 2640. The standard InChI is InChI=1S/C53H65N11O7/c1-29-41(28-59-48(60-29)35-7-5-34(6-8-35)46-37-21-32-20-33(23-37)24-38(46)22-32)50(66)62-42(12-13-54)53(69)64(3)47-36-9-11-45(71-19-16-57)40(27-36)39-25-31(4-10-44(39)70-18-15-56)26-43(51(67)58-17-14-55)63-49(65)30(2)61-52(47)68/h4-11,25,27-28,30,32-33,37-38,42-43,46-47H,12-13,15-24,26,54,56-57H2,1-3H3,(H,58,67)(H,61,68)(H,62,66)(H,63,65)/t30-,32?,33?,37?,38?,42?,43-,46?,47-/m0/s1. The second-order valence-corrected chi connectivity index (χ2v) is 19.5. The molecule has 0 saturated heterocycles. The third-order valence-electron chi connectivity index (χ3n) is 14.6. The maximum Gasteiger partial charge on any atom is 0.255 e. The molecule has 4 fully saturated rings. The number of nitrogens with zero attached hydrogens (tertiary/aromatic N) is 4. The van der Waals surface area contributed by atoms with Crippen molar-refractivity contribution in [2.24, 2.45) is 40.9 Å². The predicted octanol–water partition coefficient (Wildman–Crippen LogP) is 3.17. The van der Waals surface area contributed by atoms with E-state index < -0.39 is 53.7 Å². The maximum atomic E-state index is 14.8. The SMILES string of the molecule is Cc1nc(-c2ccc(C3C4CC5CC(C4)CC3C5)cc2)ncc1C(=O)NC(CCN)C(=O)N(C)[C@@H]1C(=O)N[C@@H](C)C(=O)N[C@H](C(=O)NCC#N)Cc2ccc(OCCN)c(c2)-c2cc1ccc2OCCN. The molecule has 1 unspecified atom stereocenters. The van der Waals surface area contributed by atoms with Gasteiger partial charge in [0.1, 0.15) is 55.4 Å². The third-order valence-corrected chi connectivity index (χ3v) is 14.6. The normalized spacial score (nSPS) is 23.8. The van der Waals surface area contributed by atoms with Gasteiger partial charge in [0.25, 0.3) is 5.91 Å². The highest BCUT2D eigenvalue weighted by Gasteiger charge is 2.48. The zero-order chi connectivity index (χ0) is 50.3. The first kappa shape index (κ1) is 50.4. The fraction of sp³-hybridized carbons (Fsp3) is 0.472. The van der Waals surface area contributed by atoms with Crippen molar-refractivity contribution >= 4 is 29.5 Å². The van der Waals surface area contributed by atoms with Crippen molar-refractivity contribution in [3.63, 3.8) is 0 Å². The topological polar surface area (TPSA) is 283 Å². The van der Waals surface area contributed by atoms with E-state index in [0.29, 0.717) is 51.2 Å². The molecule has 0 spiro atoms. The summed E-state index contributed by atoms with van der Waals surface area (Å²) >= 11 is 0. The van der Waals surface area contributed by atoms with Gasteiger partial charge in [0.2, 0.25) is 23.6 Å². The number of fused-ring (bicyclic) bond motifs is 5. The summed E-state index contributed by atoms with van der Waals surface area (Å²) in [7, 11) is 1.43. The van der Waals surface area contributed by atoms with E-state index >= 15 is 0 Å². The average Bonchev–Trinajstić information content (AvgIpc) is 3.36. The zero-order valence-corrected chi connectivity index (χ0v) is 40.6. The molecule has 5 aliphatic rings. The molecule has 10 N–H and O–H groups in total. The van der Waals surface area contributed by atoms with Crippen LogP contribution in [0.4, 0.5) is 0 Å². The van der Waals surface area contributed by atoms with E-state index in [1.165, 1.54) is 62.7 Å². The number of likely N-dealkylation sites (N-methyl/N-ethyl adjacent to an activating group) is 1. The Morgan fingerprint density at radius 1 is 0.845 bits per heavy atom. The molecule has 2 heterocycles. The maximum absolute atomic E-state index is 14.8. The number of nitrogens with one attached hydrogen (secondary N) is 4. The van der Waals surface area contributed by atoms with Crippen LogP contribution in [-0.4, -0.2) is 109 Å². The van der Waals surface area contributed by atoms with Crippen LogP contribution in [0.5, 0.6) is 11.5 Å². The Balaban J connectivity index is 1.08. The van der Waals surface area contributed by atoms with Crippen molar-refractivity contribution in [2.45, 2.75) is 88.9 Å². The van der Waals surface area contributed by atoms with Crippen LogP contribution < -0.4 is 47.9 Å². The van der Waals surface area contributed by atoms with E-state index in [-0.39, 0.29) is 57.8 Å². The summed E-state index contributed by atoms with van der Waals surface area (Å²) in [5, 5.41) is 20.0. The number of hydrogen-bond donors (Lipinski definition) is 7. The molecule has 4 aromatic rings. The first-order chi connectivity index (χ1) is 34.3. The van der Waals surface area contributed by atoms with Gasteiger partial charge in [-0.2, -0.15) is 5.26 Å². The highest BCUT2D eigenvalue weighted by Crippen LogP contribution is 2.59. The summed E-state index contributed by atoms with van der Waals surface area (Å²) in [6, 6.07) is 15.7. The zero-order valence-electron chi connectivity index (χ0n) is 40.6. The quantitative estimate of drug-likeness (QED) is 0.0796. The highest BCUT2D eigenvalue weighted by molar-refractivity contribution is 6.00. The molecule has 5 amide bonds. The van der Waals surface area contributed by atoms with Crippen molar-refractivity contribution in [2.75, 3.05) is 46.4 Å². The second-order valence-electron chi connectivity index (χ2n) is 19.5. The Hall–Kier alpha value is -6.94. The van der Waals surface area contributed by atoms with Gasteiger partial charge in [-0.15, -0.1) is 0 Å². The largest absolute Gasteiger partial charge is 0.492 e. The van der Waals surface area contributed by atoms with Crippen molar-refractivity contribution in [3.8, 4) is 40.1 Å². The molecule has 18 heteroatoms. The van der Waals surface area contributed by atoms with E-state index in [1.807, 2.05) is 6.07 Å². The molecule has 374 valence electrons. The first-order valence-corrected chi connectivity index (χ1v) is 24.7. The molecule has 4 atom stereocenters. The molecule has 18 nitrogen and oxygen atoms in total. The second kappa shape index (κ2) is 22.4. The van der Waals surface area contributed by atoms with Crippen molar-refractivity contribution in [1.82, 2.24) is 36.1 Å². The van der Waals surface area contributed by atoms with Gasteiger partial charge < -0.3 is 52.8 Å². The number of rotatable bonds is 16. The highest BCUT2D eigenvalue weighted by atomic mass is 16.5. The van der Waals surface area contributed by atoms with Crippen LogP contribution in [0.25, 0.3) is 22.5 Å². The number of benzene rings is 3. The Morgan fingerprint density at radius 3 is 2.10 bits per heavy atom. The van der Waals surface area contributed by atoms with Gasteiger partial charge in [0, 0.05) is 49.4 Å². The van der Waals surface area contributed by atoms with Crippen LogP contribution in [0.15, 0.2) is 66.9 Å². The molecule has 4 aliphatic carbocycles. The smallest absolute Gasteiger partial charge is 0.255 e. The molecule has 71 heavy (non-hydrogen) atoms. The van der Waals surface area contributed by atoms with Gasteiger partial charge >= 0.3 is 0 Å². The van der Waals surface area contributed by atoms with Crippen LogP contribution in [-0.2, 0) is 25.6 Å². The number of carbonyl (C=O) groups excluding carboxylic acids is 5. The van der Waals surface area contributed by atoms with Gasteiger partial charge in [-0.3, -0.25) is 24.0 Å². The minimum atomic E-state index is -1.40. The lowest BCUT2D eigenvalue weighted by molar-refractivity contribution is -0.141. The fourth-order valence-electron chi connectivity index (χ4n) is 11.5. The van der Waals surface area contributed by atoms with E-state index in [2.05, 4.69) is 50.5 Å². The summed E-state index contributed by atoms with van der Waals surface area (Å²) in [6.45, 7) is 3.56. The predicted molar refractivity (Wildman–Crippen MR) is 265 cm³/mol. The summed E-state index contributed by atoms with van der Waals surface area (Å²) in [5.74, 6) is 1.89. The lowest BCUT2D eigenvalue weighted by Gasteiger charge is -2.54. The van der Waals surface area contributed by atoms with E-state index in [0.717, 1.165) is 29.2 Å². The van der Waals surface area contributed by atoms with Gasteiger partial charge in [0.05, 0.1) is 17.3 Å². The molecule has 8 bridgehead atoms. The van der Waals surface area contributed by atoms with E-state index in [9.17, 15) is 29.2 Å². The van der Waals surface area contributed by atoms with Gasteiger partial charge in [-0.25, -0.2) is 9.97 Å². The van der Waals surface area contributed by atoms with Crippen molar-refractivity contribution in [3.05, 3.63) is 94.8 Å². The van der Waals surface area contributed by atoms with Crippen LogP contribution >= 0.6 is 0 Å². The van der Waals surface area contributed by atoms with Crippen LogP contribution in [0.1, 0.15) is 90.2 Å². The minimum Gasteiger partial charge on any atom is -0.492 e. The van der Waals surface area contributed by atoms with Gasteiger partial charge in [-0.1, -0.05) is 36.4 Å². The molecular formula is C53H65N11O7. The first-order valence-electron chi connectivity index (χ1n) is 24.7. The molecule has 9 rings (SSSR count). The number of aryl methyl sites for hydroxylation is 1. The van der Waals surface area contributed by atoms with Crippen molar-refractivity contribution < 1.29 is 33.4 Å². The summed E-state index contributed by atoms with van der Waals surface area (Å²) in [4.78, 5) is 81.2. The molecule has 3 aromatic carbocycles. The summed E-state index contributed by atoms with van der Waals surface area (Å²) < 4.78 is 12.2. The summed E-state index contributed by atoms with van der Waals surface area (Å²) in [5.41, 5.74) is 22.5. The summed E-state index contributed by atoms with van der Waals surface area (Å²) in [6.07, 6.45) is 8.25. The molecule has 1 aromatic heterocycles. The third kappa shape index (κ3) is 11.2. The van der Waals surface area contributed by atoms with Crippen LogP contribution in [0.2, 0.25) is 0 Å². The molecule has 4 saturated carbocycles. The average molecular weight is 968 g/mol. The number of carbonyl (C=O) groups is 5. The monoisotopic (exact) mass is 968 g/mol. The lowest BCUT2D eigenvalue weighted by Crippen LogP contribution is -2.56. The number of hydrogen-bond acceptors (Lipinski definition) is 13. The number of nitriles is 1. The van der Waals surface area contributed by atoms with E-state index in [1.54, 1.807) is 43.3 Å². The van der Waals surface area contributed by atoms with Gasteiger partial charge in [0.15, 0.2) is 5.82 Å². The molecule has 1 aliphatic heterocycles. The Kier molecular flexibility index (Phi) is 15.9. The number of nitrogens with two attached hydrogens (primary N) is 3. The van der Waals surface area contributed by atoms with E-state index in [4.69, 9.17) is 31.7 Å². The van der Waals surface area contributed by atoms with Crippen LogP contribution in [0.3, 0.4) is 0 Å². The van der Waals surface area contributed by atoms with Gasteiger partial charge in [-0.05, 0) is 129 Å². The number of ether oxygens (including phenoxy) is 2. The number of amides is 5. The number of aromatic nitrogens is 2.